The molecule has 92 valence electrons. The standard InChI is InChI=1S/C13H16ClNO2/c1-8-5-6-9(7-8)15-11-4-2-3-10(14)12(11)13(16)17/h2-4,8-9,15H,5-7H2,1H3,(H,16,17). The highest BCUT2D eigenvalue weighted by Crippen LogP contribution is 2.30. The van der Waals surface area contributed by atoms with E-state index in [2.05, 4.69) is 12.2 Å². The minimum absolute atomic E-state index is 0.175. The lowest BCUT2D eigenvalue weighted by atomic mass is 10.1. The normalized spacial score (nSPS) is 23.6. The molecule has 3 nitrogen and oxygen atoms in total. The Bertz CT molecular complexity index is 433. The van der Waals surface area contributed by atoms with E-state index in [4.69, 9.17) is 16.7 Å². The van der Waals surface area contributed by atoms with E-state index in [1.165, 1.54) is 6.42 Å². The Balaban J connectivity index is 2.20. The summed E-state index contributed by atoms with van der Waals surface area (Å²) in [5.74, 6) is -0.274. The smallest absolute Gasteiger partial charge is 0.339 e. The van der Waals surface area contributed by atoms with Gasteiger partial charge in [-0.3, -0.25) is 0 Å². The first kappa shape index (κ1) is 12.2. The summed E-state index contributed by atoms with van der Waals surface area (Å²) in [5, 5.41) is 12.7. The van der Waals surface area contributed by atoms with E-state index in [-0.39, 0.29) is 10.6 Å². The van der Waals surface area contributed by atoms with Crippen LogP contribution in [0.5, 0.6) is 0 Å². The quantitative estimate of drug-likeness (QED) is 0.865. The maximum atomic E-state index is 11.2. The summed E-state index contributed by atoms with van der Waals surface area (Å²) in [5.41, 5.74) is 0.804. The second-order valence-corrected chi connectivity index (χ2v) is 5.13. The van der Waals surface area contributed by atoms with Gasteiger partial charge in [0.15, 0.2) is 0 Å². The highest BCUT2D eigenvalue weighted by Gasteiger charge is 2.23. The van der Waals surface area contributed by atoms with Gasteiger partial charge in [-0.15, -0.1) is 0 Å². The van der Waals surface area contributed by atoms with Gasteiger partial charge in [-0.25, -0.2) is 4.79 Å². The topological polar surface area (TPSA) is 49.3 Å². The molecule has 2 unspecified atom stereocenters. The van der Waals surface area contributed by atoms with Crippen LogP contribution in [0, 0.1) is 5.92 Å². The van der Waals surface area contributed by atoms with Gasteiger partial charge in [0.2, 0.25) is 0 Å². The van der Waals surface area contributed by atoms with Crippen LogP contribution in [0.2, 0.25) is 5.02 Å². The fourth-order valence-corrected chi connectivity index (χ4v) is 2.68. The Kier molecular flexibility index (Phi) is 3.57. The number of anilines is 1. The Labute approximate surface area is 106 Å². The van der Waals surface area contributed by atoms with Crippen LogP contribution in [-0.4, -0.2) is 17.1 Å². The van der Waals surface area contributed by atoms with Crippen molar-refractivity contribution in [3.8, 4) is 0 Å². The SMILES string of the molecule is CC1CCC(Nc2cccc(Cl)c2C(=O)O)C1. The summed E-state index contributed by atoms with van der Waals surface area (Å²) in [6.45, 7) is 2.22. The number of hydrogen-bond donors (Lipinski definition) is 2. The number of aromatic carboxylic acids is 1. The average Bonchev–Trinajstić information content (AvgIpc) is 2.63. The number of carbonyl (C=O) groups is 1. The third kappa shape index (κ3) is 2.72. The van der Waals surface area contributed by atoms with Crippen LogP contribution >= 0.6 is 11.6 Å². The molecule has 1 aliphatic rings. The molecule has 2 N–H and O–H groups in total. The van der Waals surface area contributed by atoms with Gasteiger partial charge in [-0.2, -0.15) is 0 Å². The third-order valence-electron chi connectivity index (χ3n) is 3.28. The molecule has 0 saturated heterocycles. The Morgan fingerprint density at radius 3 is 2.82 bits per heavy atom. The molecule has 1 aromatic rings. The second-order valence-electron chi connectivity index (χ2n) is 4.73. The summed E-state index contributed by atoms with van der Waals surface area (Å²) in [6, 6.07) is 5.52. The van der Waals surface area contributed by atoms with Gasteiger partial charge in [0.05, 0.1) is 10.7 Å². The summed E-state index contributed by atoms with van der Waals surface area (Å²) in [4.78, 5) is 11.2. The van der Waals surface area contributed by atoms with Crippen molar-refractivity contribution in [2.45, 2.75) is 32.2 Å². The fourth-order valence-electron chi connectivity index (χ4n) is 2.42. The van der Waals surface area contributed by atoms with Crippen LogP contribution in [0.3, 0.4) is 0 Å². The van der Waals surface area contributed by atoms with E-state index in [0.29, 0.717) is 17.6 Å². The third-order valence-corrected chi connectivity index (χ3v) is 3.60. The molecule has 0 aliphatic heterocycles. The summed E-state index contributed by atoms with van der Waals surface area (Å²) < 4.78 is 0. The molecule has 2 atom stereocenters. The van der Waals surface area contributed by atoms with Crippen LogP contribution in [0.25, 0.3) is 0 Å². The molecule has 4 heteroatoms. The molecule has 0 bridgehead atoms. The van der Waals surface area contributed by atoms with Crippen molar-refractivity contribution in [2.24, 2.45) is 5.92 Å². The van der Waals surface area contributed by atoms with E-state index in [1.54, 1.807) is 18.2 Å². The zero-order valence-electron chi connectivity index (χ0n) is 9.74. The first-order valence-corrected chi connectivity index (χ1v) is 6.24. The maximum Gasteiger partial charge on any atom is 0.339 e. The van der Waals surface area contributed by atoms with Crippen molar-refractivity contribution in [1.29, 1.82) is 0 Å². The highest BCUT2D eigenvalue weighted by atomic mass is 35.5. The first-order chi connectivity index (χ1) is 8.08. The summed E-state index contributed by atoms with van der Waals surface area (Å²) in [7, 11) is 0. The van der Waals surface area contributed by atoms with Crippen LogP contribution in [-0.2, 0) is 0 Å². The predicted octanol–water partition coefficient (Wildman–Crippen LogP) is 3.64. The highest BCUT2D eigenvalue weighted by molar-refractivity contribution is 6.34. The molecule has 2 rings (SSSR count). The minimum Gasteiger partial charge on any atom is -0.478 e. The van der Waals surface area contributed by atoms with Crippen molar-refractivity contribution >= 4 is 23.3 Å². The van der Waals surface area contributed by atoms with Crippen LogP contribution in [0.15, 0.2) is 18.2 Å². The lowest BCUT2D eigenvalue weighted by molar-refractivity contribution is 0.0698. The van der Waals surface area contributed by atoms with Crippen molar-refractivity contribution in [2.75, 3.05) is 5.32 Å². The van der Waals surface area contributed by atoms with E-state index in [0.717, 1.165) is 12.8 Å². The number of nitrogens with one attached hydrogen (secondary N) is 1. The number of rotatable bonds is 3. The molecule has 1 fully saturated rings. The zero-order chi connectivity index (χ0) is 12.4. The fraction of sp³-hybridized carbons (Fsp3) is 0.462. The molecule has 0 radical (unpaired) electrons. The monoisotopic (exact) mass is 253 g/mol. The van der Waals surface area contributed by atoms with Gasteiger partial charge in [-0.05, 0) is 37.3 Å². The van der Waals surface area contributed by atoms with Gasteiger partial charge < -0.3 is 10.4 Å². The van der Waals surface area contributed by atoms with Crippen LogP contribution in [0.4, 0.5) is 5.69 Å². The second kappa shape index (κ2) is 4.96. The number of hydrogen-bond acceptors (Lipinski definition) is 2. The van der Waals surface area contributed by atoms with Crippen molar-refractivity contribution in [3.63, 3.8) is 0 Å². The van der Waals surface area contributed by atoms with Gasteiger partial charge in [-0.1, -0.05) is 24.6 Å². The van der Waals surface area contributed by atoms with E-state index in [1.807, 2.05) is 0 Å². The lowest BCUT2D eigenvalue weighted by Crippen LogP contribution is -2.17. The predicted molar refractivity (Wildman–Crippen MR) is 68.8 cm³/mol. The van der Waals surface area contributed by atoms with Crippen LogP contribution < -0.4 is 5.32 Å². The summed E-state index contributed by atoms with van der Waals surface area (Å²) in [6.07, 6.45) is 3.37. The van der Waals surface area contributed by atoms with Gasteiger partial charge in [0.25, 0.3) is 0 Å². The van der Waals surface area contributed by atoms with E-state index < -0.39 is 5.97 Å². The van der Waals surface area contributed by atoms with Gasteiger partial charge >= 0.3 is 5.97 Å². The Hall–Kier alpha value is -1.22. The number of benzene rings is 1. The Morgan fingerprint density at radius 2 is 2.24 bits per heavy atom. The number of carboxylic acids is 1. The van der Waals surface area contributed by atoms with Crippen molar-refractivity contribution in [3.05, 3.63) is 28.8 Å². The maximum absolute atomic E-state index is 11.2. The van der Waals surface area contributed by atoms with E-state index in [9.17, 15) is 4.79 Å². The first-order valence-electron chi connectivity index (χ1n) is 5.86. The average molecular weight is 254 g/mol. The molecule has 0 aromatic heterocycles. The summed E-state index contributed by atoms with van der Waals surface area (Å²) >= 11 is 5.92. The van der Waals surface area contributed by atoms with Crippen molar-refractivity contribution < 1.29 is 9.90 Å². The largest absolute Gasteiger partial charge is 0.478 e. The molecular weight excluding hydrogens is 238 g/mol. The zero-order valence-corrected chi connectivity index (χ0v) is 10.5. The molecule has 17 heavy (non-hydrogen) atoms. The number of carboxylic acid groups (broad SMARTS) is 1. The van der Waals surface area contributed by atoms with Gasteiger partial charge in [0, 0.05) is 6.04 Å². The van der Waals surface area contributed by atoms with E-state index >= 15 is 0 Å². The molecular formula is C13H16ClNO2. The van der Waals surface area contributed by atoms with Crippen molar-refractivity contribution in [1.82, 2.24) is 0 Å². The number of halogens is 1. The Morgan fingerprint density at radius 1 is 1.47 bits per heavy atom. The molecule has 0 spiro atoms. The molecule has 1 aromatic carbocycles. The molecule has 0 amide bonds. The molecule has 1 saturated carbocycles. The molecule has 1 aliphatic carbocycles. The molecule has 0 heterocycles. The minimum atomic E-state index is -0.982. The lowest BCUT2D eigenvalue weighted by Gasteiger charge is -2.16. The van der Waals surface area contributed by atoms with Crippen LogP contribution in [0.1, 0.15) is 36.5 Å². The van der Waals surface area contributed by atoms with Gasteiger partial charge in [0.1, 0.15) is 5.56 Å².